The summed E-state index contributed by atoms with van der Waals surface area (Å²) >= 11 is 12.3. The quantitative estimate of drug-likeness (QED) is 0.365. The Balaban J connectivity index is 1.81. The molecule has 0 spiro atoms. The number of amides is 1. The Labute approximate surface area is 209 Å². The highest BCUT2D eigenvalue weighted by molar-refractivity contribution is 6.35. The normalized spacial score (nSPS) is 17.3. The molecule has 2 aromatic rings. The molecule has 1 aliphatic rings. The zero-order chi connectivity index (χ0) is 25.2. The largest absolute Gasteiger partial charge is 0.444 e. The molecular formula is C24H30Cl2N4O4. The van der Waals surface area contributed by atoms with E-state index < -0.39 is 10.5 Å². The van der Waals surface area contributed by atoms with Crippen LogP contribution in [0.3, 0.4) is 0 Å². The summed E-state index contributed by atoms with van der Waals surface area (Å²) < 4.78 is 5.49. The summed E-state index contributed by atoms with van der Waals surface area (Å²) in [6.07, 6.45) is -0.335. The van der Waals surface area contributed by atoms with Crippen LogP contribution in [0, 0.1) is 10.1 Å². The molecule has 0 aliphatic carbocycles. The minimum Gasteiger partial charge on any atom is -0.444 e. The lowest BCUT2D eigenvalue weighted by Crippen LogP contribution is -2.54. The van der Waals surface area contributed by atoms with Gasteiger partial charge in [0, 0.05) is 47.5 Å². The number of nitrogens with zero attached hydrogens (tertiary/aromatic N) is 3. The third-order valence-electron chi connectivity index (χ3n) is 5.59. The molecule has 2 atom stereocenters. The Bertz CT molecular complexity index is 1070. The Kier molecular flexibility index (Phi) is 7.83. The molecule has 3 rings (SSSR count). The highest BCUT2D eigenvalue weighted by Gasteiger charge is 2.31. The van der Waals surface area contributed by atoms with E-state index in [-0.39, 0.29) is 23.9 Å². The van der Waals surface area contributed by atoms with E-state index in [4.69, 9.17) is 27.9 Å². The van der Waals surface area contributed by atoms with Crippen LogP contribution in [-0.2, 0) is 4.74 Å². The summed E-state index contributed by atoms with van der Waals surface area (Å²) in [6, 6.07) is 9.90. The van der Waals surface area contributed by atoms with Crippen molar-refractivity contribution in [1.82, 2.24) is 4.90 Å². The fourth-order valence-corrected chi connectivity index (χ4v) is 4.55. The number of nitrogens with one attached hydrogen (secondary N) is 1. The number of nitro benzene ring substituents is 1. The van der Waals surface area contributed by atoms with E-state index in [9.17, 15) is 14.9 Å². The molecule has 1 aliphatic heterocycles. The maximum Gasteiger partial charge on any atom is 0.410 e. The first kappa shape index (κ1) is 25.9. The Morgan fingerprint density at radius 3 is 2.50 bits per heavy atom. The van der Waals surface area contributed by atoms with Crippen molar-refractivity contribution < 1.29 is 14.5 Å². The molecule has 1 amide bonds. The number of benzene rings is 2. The van der Waals surface area contributed by atoms with Crippen molar-refractivity contribution in [3.8, 4) is 0 Å². The maximum atomic E-state index is 12.5. The van der Waals surface area contributed by atoms with Crippen LogP contribution in [0.2, 0.25) is 10.0 Å². The van der Waals surface area contributed by atoms with E-state index in [0.29, 0.717) is 35.4 Å². The molecule has 0 bridgehead atoms. The van der Waals surface area contributed by atoms with Crippen LogP contribution < -0.4 is 10.2 Å². The molecule has 1 unspecified atom stereocenters. The third kappa shape index (κ3) is 6.24. The molecule has 2 aromatic carbocycles. The van der Waals surface area contributed by atoms with E-state index in [1.165, 1.54) is 6.07 Å². The van der Waals surface area contributed by atoms with Gasteiger partial charge in [-0.05, 0) is 64.4 Å². The Hall–Kier alpha value is -2.71. The summed E-state index contributed by atoms with van der Waals surface area (Å²) in [5, 5.41) is 15.9. The number of rotatable bonds is 5. The SMILES string of the molecule is CC(Nc1cc(N2CCN(C(=O)OC(C)(C)C)C[C@H]2C)ccc1[N+](=O)[O-])c1ccc(Cl)cc1Cl. The number of hydrogen-bond donors (Lipinski definition) is 1. The van der Waals surface area contributed by atoms with Crippen molar-refractivity contribution in [3.05, 3.63) is 62.1 Å². The maximum absolute atomic E-state index is 12.5. The summed E-state index contributed by atoms with van der Waals surface area (Å²) in [4.78, 5) is 27.6. The predicted octanol–water partition coefficient (Wildman–Crippen LogP) is 6.52. The number of ether oxygens (including phenoxy) is 1. The molecule has 8 nitrogen and oxygen atoms in total. The van der Waals surface area contributed by atoms with E-state index >= 15 is 0 Å². The van der Waals surface area contributed by atoms with Crippen molar-refractivity contribution in [2.75, 3.05) is 29.9 Å². The summed E-state index contributed by atoms with van der Waals surface area (Å²) in [5.41, 5.74) is 1.42. The molecule has 1 fully saturated rings. The first-order valence-corrected chi connectivity index (χ1v) is 11.9. The van der Waals surface area contributed by atoms with E-state index in [2.05, 4.69) is 10.2 Å². The van der Waals surface area contributed by atoms with Gasteiger partial charge < -0.3 is 19.9 Å². The molecule has 1 saturated heterocycles. The second kappa shape index (κ2) is 10.3. The Morgan fingerprint density at radius 2 is 1.91 bits per heavy atom. The van der Waals surface area contributed by atoms with Gasteiger partial charge in [0.15, 0.2) is 0 Å². The van der Waals surface area contributed by atoms with Crippen molar-refractivity contribution in [2.45, 2.75) is 52.3 Å². The number of hydrogen-bond acceptors (Lipinski definition) is 6. The number of carbonyl (C=O) groups is 1. The molecular weight excluding hydrogens is 479 g/mol. The van der Waals surface area contributed by atoms with Gasteiger partial charge in [-0.15, -0.1) is 0 Å². The van der Waals surface area contributed by atoms with Crippen LogP contribution in [-0.4, -0.2) is 47.2 Å². The van der Waals surface area contributed by atoms with Gasteiger partial charge in [0.1, 0.15) is 11.3 Å². The smallest absolute Gasteiger partial charge is 0.410 e. The summed E-state index contributed by atoms with van der Waals surface area (Å²) in [5.74, 6) is 0. The molecule has 0 aromatic heterocycles. The van der Waals surface area contributed by atoms with Crippen LogP contribution in [0.25, 0.3) is 0 Å². The number of halogens is 2. The van der Waals surface area contributed by atoms with Gasteiger partial charge in [0.2, 0.25) is 0 Å². The molecule has 1 N–H and O–H groups in total. The van der Waals surface area contributed by atoms with Crippen molar-refractivity contribution in [2.24, 2.45) is 0 Å². The zero-order valence-corrected chi connectivity index (χ0v) is 21.5. The lowest BCUT2D eigenvalue weighted by Gasteiger charge is -2.41. The van der Waals surface area contributed by atoms with Gasteiger partial charge in [-0.3, -0.25) is 10.1 Å². The predicted molar refractivity (Wildman–Crippen MR) is 136 cm³/mol. The van der Waals surface area contributed by atoms with Gasteiger partial charge >= 0.3 is 6.09 Å². The molecule has 0 radical (unpaired) electrons. The molecule has 1 heterocycles. The van der Waals surface area contributed by atoms with Crippen molar-refractivity contribution in [1.29, 1.82) is 0 Å². The van der Waals surface area contributed by atoms with Crippen LogP contribution >= 0.6 is 23.2 Å². The van der Waals surface area contributed by atoms with Gasteiger partial charge in [0.25, 0.3) is 5.69 Å². The highest BCUT2D eigenvalue weighted by atomic mass is 35.5. The van der Waals surface area contributed by atoms with Gasteiger partial charge in [-0.2, -0.15) is 0 Å². The number of anilines is 2. The molecule has 184 valence electrons. The second-order valence-corrected chi connectivity index (χ2v) is 10.3. The standard InChI is InChI=1S/C24H30Cl2N4O4/c1-15-14-28(23(31)34-24(3,4)5)10-11-29(15)18-7-9-22(30(32)33)21(13-18)27-16(2)19-8-6-17(25)12-20(19)26/h6-9,12-13,15-16,27H,10-11,14H2,1-5H3/t15-,16?/m1/s1. The number of piperazine rings is 1. The van der Waals surface area contributed by atoms with Crippen LogP contribution in [0.15, 0.2) is 36.4 Å². The minimum absolute atomic E-state index is 0.00120. The second-order valence-electron chi connectivity index (χ2n) is 9.46. The van der Waals surface area contributed by atoms with Crippen molar-refractivity contribution in [3.63, 3.8) is 0 Å². The lowest BCUT2D eigenvalue weighted by molar-refractivity contribution is -0.384. The van der Waals surface area contributed by atoms with Crippen LogP contribution in [0.4, 0.5) is 21.9 Å². The number of nitro groups is 1. The average molecular weight is 509 g/mol. The van der Waals surface area contributed by atoms with Gasteiger partial charge in [-0.25, -0.2) is 4.79 Å². The van der Waals surface area contributed by atoms with Crippen molar-refractivity contribution >= 4 is 46.4 Å². The topological polar surface area (TPSA) is 88.0 Å². The summed E-state index contributed by atoms with van der Waals surface area (Å²) in [7, 11) is 0. The van der Waals surface area contributed by atoms with Gasteiger partial charge in [0.05, 0.1) is 11.0 Å². The van der Waals surface area contributed by atoms with Crippen LogP contribution in [0.5, 0.6) is 0 Å². The van der Waals surface area contributed by atoms with E-state index in [1.807, 2.05) is 34.6 Å². The highest BCUT2D eigenvalue weighted by Crippen LogP contribution is 2.35. The van der Waals surface area contributed by atoms with E-state index in [1.54, 1.807) is 35.2 Å². The Morgan fingerprint density at radius 1 is 1.21 bits per heavy atom. The summed E-state index contributed by atoms with van der Waals surface area (Å²) in [6.45, 7) is 11.0. The lowest BCUT2D eigenvalue weighted by atomic mass is 10.1. The minimum atomic E-state index is -0.555. The average Bonchev–Trinajstić information content (AvgIpc) is 2.72. The third-order valence-corrected chi connectivity index (χ3v) is 6.15. The first-order valence-electron chi connectivity index (χ1n) is 11.1. The first-order chi connectivity index (χ1) is 15.9. The number of carbonyl (C=O) groups excluding carboxylic acids is 1. The molecule has 34 heavy (non-hydrogen) atoms. The van der Waals surface area contributed by atoms with Gasteiger partial charge in [-0.1, -0.05) is 29.3 Å². The fraction of sp³-hybridized carbons (Fsp3) is 0.458. The molecule has 10 heteroatoms. The van der Waals surface area contributed by atoms with E-state index in [0.717, 1.165) is 11.3 Å². The molecule has 0 saturated carbocycles. The monoisotopic (exact) mass is 508 g/mol. The zero-order valence-electron chi connectivity index (χ0n) is 20.0. The fourth-order valence-electron chi connectivity index (χ4n) is 3.97. The van der Waals surface area contributed by atoms with Crippen LogP contribution in [0.1, 0.15) is 46.2 Å².